The molecule has 2 fully saturated rings. The van der Waals surface area contributed by atoms with Crippen LogP contribution in [-0.2, 0) is 0 Å². The van der Waals surface area contributed by atoms with Gasteiger partial charge in [0, 0.05) is 18.0 Å². The molecule has 5 heteroatoms. The second kappa shape index (κ2) is 6.49. The number of hydrogen-bond acceptors (Lipinski definition) is 4. The van der Waals surface area contributed by atoms with Crippen molar-refractivity contribution in [2.45, 2.75) is 45.4 Å². The van der Waals surface area contributed by atoms with E-state index in [1.54, 1.807) is 0 Å². The molecule has 2 aliphatic rings. The van der Waals surface area contributed by atoms with Gasteiger partial charge in [0.15, 0.2) is 0 Å². The highest BCUT2D eigenvalue weighted by Gasteiger charge is 2.28. The third kappa shape index (κ3) is 3.67. The van der Waals surface area contributed by atoms with Gasteiger partial charge in [-0.25, -0.2) is 9.97 Å². The molecule has 1 saturated carbocycles. The number of aromatic nitrogens is 2. The Labute approximate surface area is 132 Å². The third-order valence-corrected chi connectivity index (χ3v) is 5.13. The van der Waals surface area contributed by atoms with Gasteiger partial charge in [0.25, 0.3) is 0 Å². The summed E-state index contributed by atoms with van der Waals surface area (Å²) >= 11 is 6.25. The van der Waals surface area contributed by atoms with Crippen molar-refractivity contribution in [3.63, 3.8) is 0 Å². The quantitative estimate of drug-likeness (QED) is 0.846. The van der Waals surface area contributed by atoms with Gasteiger partial charge in [0.2, 0.25) is 0 Å². The molecular formula is C16H25ClN4. The monoisotopic (exact) mass is 308 g/mol. The van der Waals surface area contributed by atoms with E-state index in [1.807, 2.05) is 6.92 Å². The average Bonchev–Trinajstić information content (AvgIpc) is 3.34. The molecule has 1 aliphatic heterocycles. The van der Waals surface area contributed by atoms with E-state index in [0.717, 1.165) is 29.7 Å². The Bertz CT molecular complexity index is 493. The van der Waals surface area contributed by atoms with Crippen molar-refractivity contribution in [1.82, 2.24) is 14.9 Å². The molecule has 0 atom stereocenters. The van der Waals surface area contributed by atoms with Gasteiger partial charge in [-0.15, -0.1) is 0 Å². The largest absolute Gasteiger partial charge is 0.369 e. The highest BCUT2D eigenvalue weighted by molar-refractivity contribution is 6.30. The first kappa shape index (κ1) is 15.0. The molecule has 116 valence electrons. The Morgan fingerprint density at radius 2 is 1.90 bits per heavy atom. The van der Waals surface area contributed by atoms with Crippen LogP contribution in [0.3, 0.4) is 0 Å². The molecule has 0 amide bonds. The summed E-state index contributed by atoms with van der Waals surface area (Å²) in [5.41, 5.74) is 0.979. The van der Waals surface area contributed by atoms with Crippen LogP contribution in [-0.4, -0.2) is 41.0 Å². The average molecular weight is 309 g/mol. The van der Waals surface area contributed by atoms with E-state index < -0.39 is 0 Å². The number of anilines is 1. The number of halogens is 1. The zero-order valence-corrected chi connectivity index (χ0v) is 13.8. The van der Waals surface area contributed by atoms with Gasteiger partial charge in [-0.3, -0.25) is 0 Å². The van der Waals surface area contributed by atoms with Crippen LogP contribution in [0.4, 0.5) is 5.82 Å². The molecule has 1 aromatic rings. The number of nitrogens with zero attached hydrogens (tertiary/aromatic N) is 3. The van der Waals surface area contributed by atoms with Gasteiger partial charge in [0.1, 0.15) is 16.8 Å². The van der Waals surface area contributed by atoms with Crippen molar-refractivity contribution in [2.75, 3.05) is 31.5 Å². The number of nitrogens with one attached hydrogen (secondary N) is 1. The fourth-order valence-corrected chi connectivity index (χ4v) is 3.13. The minimum absolute atomic E-state index is 0.538. The van der Waals surface area contributed by atoms with E-state index in [2.05, 4.69) is 22.1 Å². The Hall–Kier alpha value is -0.870. The van der Waals surface area contributed by atoms with Crippen molar-refractivity contribution in [3.8, 4) is 0 Å². The van der Waals surface area contributed by atoms with Crippen LogP contribution in [0, 0.1) is 12.8 Å². The summed E-state index contributed by atoms with van der Waals surface area (Å²) in [5, 5.41) is 4.13. The minimum atomic E-state index is 0.538. The van der Waals surface area contributed by atoms with Gasteiger partial charge in [-0.05, 0) is 58.2 Å². The number of piperidine rings is 1. The van der Waals surface area contributed by atoms with Crippen LogP contribution in [0.1, 0.15) is 49.9 Å². The maximum absolute atomic E-state index is 6.25. The van der Waals surface area contributed by atoms with Crippen molar-refractivity contribution in [1.29, 1.82) is 0 Å². The summed E-state index contributed by atoms with van der Waals surface area (Å²) in [7, 11) is 0. The van der Waals surface area contributed by atoms with Crippen molar-refractivity contribution in [2.24, 2.45) is 5.92 Å². The summed E-state index contributed by atoms with van der Waals surface area (Å²) in [5.74, 6) is 3.14. The minimum Gasteiger partial charge on any atom is -0.369 e. The molecule has 0 aromatic carbocycles. The van der Waals surface area contributed by atoms with Gasteiger partial charge < -0.3 is 10.2 Å². The zero-order chi connectivity index (χ0) is 14.8. The molecular weight excluding hydrogens is 284 g/mol. The van der Waals surface area contributed by atoms with E-state index in [1.165, 1.54) is 45.3 Å². The predicted octanol–water partition coefficient (Wildman–Crippen LogP) is 3.46. The maximum Gasteiger partial charge on any atom is 0.137 e. The Balaban J connectivity index is 1.60. The lowest BCUT2D eigenvalue weighted by Crippen LogP contribution is -2.35. The molecule has 1 N–H and O–H groups in total. The number of likely N-dealkylation sites (tertiary alicyclic amines) is 1. The first-order valence-electron chi connectivity index (χ1n) is 8.17. The van der Waals surface area contributed by atoms with Gasteiger partial charge >= 0.3 is 0 Å². The summed E-state index contributed by atoms with van der Waals surface area (Å²) in [6.45, 7) is 8.85. The van der Waals surface area contributed by atoms with E-state index in [9.17, 15) is 0 Å². The molecule has 1 aliphatic carbocycles. The van der Waals surface area contributed by atoms with Crippen LogP contribution >= 0.6 is 11.6 Å². The standard InChI is InChI=1S/C16H25ClN4/c1-3-21-8-6-12(7-9-21)10-18-15-11(2)14(17)19-16(20-15)13-4-5-13/h12-13H,3-10H2,1-2H3,(H,18,19,20). The summed E-state index contributed by atoms with van der Waals surface area (Å²) < 4.78 is 0. The molecule has 1 saturated heterocycles. The lowest BCUT2D eigenvalue weighted by atomic mass is 9.97. The van der Waals surface area contributed by atoms with Crippen LogP contribution in [0.25, 0.3) is 0 Å². The smallest absolute Gasteiger partial charge is 0.137 e. The zero-order valence-electron chi connectivity index (χ0n) is 13.0. The molecule has 3 rings (SSSR count). The molecule has 0 bridgehead atoms. The Morgan fingerprint density at radius 3 is 2.52 bits per heavy atom. The van der Waals surface area contributed by atoms with Crippen LogP contribution in [0.5, 0.6) is 0 Å². The summed E-state index contributed by atoms with van der Waals surface area (Å²) in [4.78, 5) is 11.6. The Kier molecular flexibility index (Phi) is 4.65. The fourth-order valence-electron chi connectivity index (χ4n) is 2.95. The number of rotatable bonds is 5. The Morgan fingerprint density at radius 1 is 1.19 bits per heavy atom. The lowest BCUT2D eigenvalue weighted by Gasteiger charge is -2.31. The number of hydrogen-bond donors (Lipinski definition) is 1. The molecule has 0 radical (unpaired) electrons. The van der Waals surface area contributed by atoms with Crippen LogP contribution in [0.2, 0.25) is 5.15 Å². The molecule has 4 nitrogen and oxygen atoms in total. The van der Waals surface area contributed by atoms with Crippen molar-refractivity contribution < 1.29 is 0 Å². The SMILES string of the molecule is CCN1CCC(CNc2nc(C3CC3)nc(Cl)c2C)CC1. The second-order valence-electron chi connectivity index (χ2n) is 6.38. The van der Waals surface area contributed by atoms with E-state index >= 15 is 0 Å². The third-order valence-electron chi connectivity index (χ3n) is 4.76. The summed E-state index contributed by atoms with van der Waals surface area (Å²) in [6, 6.07) is 0. The molecule has 1 aromatic heterocycles. The fraction of sp³-hybridized carbons (Fsp3) is 0.750. The van der Waals surface area contributed by atoms with Crippen molar-refractivity contribution in [3.05, 3.63) is 16.5 Å². The highest BCUT2D eigenvalue weighted by atomic mass is 35.5. The van der Waals surface area contributed by atoms with E-state index in [4.69, 9.17) is 16.6 Å². The summed E-state index contributed by atoms with van der Waals surface area (Å²) in [6.07, 6.45) is 4.95. The maximum atomic E-state index is 6.25. The van der Waals surface area contributed by atoms with Gasteiger partial charge in [-0.1, -0.05) is 18.5 Å². The molecule has 2 heterocycles. The molecule has 0 spiro atoms. The van der Waals surface area contributed by atoms with Gasteiger partial charge in [-0.2, -0.15) is 0 Å². The normalized spacial score (nSPS) is 20.7. The first-order valence-corrected chi connectivity index (χ1v) is 8.55. The molecule has 0 unspecified atom stereocenters. The second-order valence-corrected chi connectivity index (χ2v) is 6.74. The van der Waals surface area contributed by atoms with Crippen LogP contribution < -0.4 is 5.32 Å². The van der Waals surface area contributed by atoms with Crippen LogP contribution in [0.15, 0.2) is 0 Å². The molecule has 21 heavy (non-hydrogen) atoms. The van der Waals surface area contributed by atoms with E-state index in [0.29, 0.717) is 11.1 Å². The van der Waals surface area contributed by atoms with E-state index in [-0.39, 0.29) is 0 Å². The topological polar surface area (TPSA) is 41.0 Å². The highest BCUT2D eigenvalue weighted by Crippen LogP contribution is 2.39. The van der Waals surface area contributed by atoms with Crippen molar-refractivity contribution >= 4 is 17.4 Å². The van der Waals surface area contributed by atoms with Gasteiger partial charge in [0.05, 0.1) is 0 Å². The predicted molar refractivity (Wildman–Crippen MR) is 87.1 cm³/mol. The lowest BCUT2D eigenvalue weighted by molar-refractivity contribution is 0.198. The first-order chi connectivity index (χ1) is 10.2.